The first-order valence-electron chi connectivity index (χ1n) is 14.4. The van der Waals surface area contributed by atoms with Crippen LogP contribution in [0.1, 0.15) is 0 Å². The zero-order valence-electron chi connectivity index (χ0n) is 22.6. The van der Waals surface area contributed by atoms with Gasteiger partial charge in [0.05, 0.1) is 11.0 Å². The molecule has 0 spiro atoms. The number of aromatic nitrogens is 1. The zero-order chi connectivity index (χ0) is 27.4. The first kappa shape index (κ1) is 22.1. The Hall–Kier alpha value is -5.60. The number of hydrogen-bond donors (Lipinski definition) is 0. The third kappa shape index (κ3) is 2.78. The van der Waals surface area contributed by atoms with Crippen molar-refractivity contribution in [2.75, 3.05) is 0 Å². The highest BCUT2D eigenvalue weighted by Crippen LogP contribution is 2.46. The number of rotatable bonds is 2. The van der Waals surface area contributed by atoms with E-state index >= 15 is 0 Å². The predicted molar refractivity (Wildman–Crippen MR) is 177 cm³/mol. The summed E-state index contributed by atoms with van der Waals surface area (Å²) in [6, 6.07) is 50.5. The molecule has 0 atom stereocenters. The molecule has 0 unspecified atom stereocenters. The molecule has 0 aliphatic carbocycles. The van der Waals surface area contributed by atoms with Crippen molar-refractivity contribution in [1.82, 2.24) is 4.57 Å². The van der Waals surface area contributed by atoms with Gasteiger partial charge < -0.3 is 8.98 Å². The van der Waals surface area contributed by atoms with E-state index in [1.165, 1.54) is 59.7 Å². The van der Waals surface area contributed by atoms with Gasteiger partial charge in [-0.1, -0.05) is 109 Å². The summed E-state index contributed by atoms with van der Waals surface area (Å²) >= 11 is 0. The minimum Gasteiger partial charge on any atom is -0.455 e. The molecule has 2 heterocycles. The van der Waals surface area contributed by atoms with Crippen molar-refractivity contribution in [3.63, 3.8) is 0 Å². The molecule has 0 amide bonds. The lowest BCUT2D eigenvalue weighted by molar-refractivity contribution is 0.670. The van der Waals surface area contributed by atoms with Crippen LogP contribution in [0.2, 0.25) is 0 Å². The number of hydrogen-bond acceptors (Lipinski definition) is 1. The average Bonchev–Trinajstić information content (AvgIpc) is 3.60. The van der Waals surface area contributed by atoms with Crippen LogP contribution in [-0.4, -0.2) is 4.57 Å². The maximum atomic E-state index is 6.54. The standard InChI is InChI=1S/C40H23NO/c1-2-11-27(12-3-1)41-34-17-8-14-29(31-16-7-15-30-28-13-4-5-18-35(28)42-40(30)31)38(34)33-23-26-20-19-24-9-6-10-25-21-22-32(39(33)41)37(26)36(24)25/h1-23H. The lowest BCUT2D eigenvalue weighted by Crippen LogP contribution is -1.94. The van der Waals surface area contributed by atoms with Crippen LogP contribution >= 0.6 is 0 Å². The highest BCUT2D eigenvalue weighted by molar-refractivity contribution is 6.33. The molecule has 0 saturated heterocycles. The lowest BCUT2D eigenvalue weighted by atomic mass is 9.91. The van der Waals surface area contributed by atoms with Crippen LogP contribution in [0.3, 0.4) is 0 Å². The largest absolute Gasteiger partial charge is 0.455 e. The number of para-hydroxylation sites is 3. The van der Waals surface area contributed by atoms with Crippen LogP contribution in [0.25, 0.3) is 92.9 Å². The van der Waals surface area contributed by atoms with E-state index in [9.17, 15) is 0 Å². The van der Waals surface area contributed by atoms with Crippen LogP contribution < -0.4 is 0 Å². The molecule has 0 aliphatic heterocycles. The van der Waals surface area contributed by atoms with E-state index in [1.54, 1.807) is 0 Å². The van der Waals surface area contributed by atoms with Gasteiger partial charge in [-0.2, -0.15) is 0 Å². The summed E-state index contributed by atoms with van der Waals surface area (Å²) in [5.74, 6) is 0. The fraction of sp³-hybridized carbons (Fsp3) is 0. The van der Waals surface area contributed by atoms with Crippen LogP contribution in [0.4, 0.5) is 0 Å². The summed E-state index contributed by atoms with van der Waals surface area (Å²) in [6.07, 6.45) is 0. The van der Waals surface area contributed by atoms with Gasteiger partial charge in [0.1, 0.15) is 11.2 Å². The van der Waals surface area contributed by atoms with Crippen LogP contribution in [0.5, 0.6) is 0 Å². The fourth-order valence-electron chi connectivity index (χ4n) is 7.39. The van der Waals surface area contributed by atoms with Gasteiger partial charge in [0.15, 0.2) is 0 Å². The van der Waals surface area contributed by atoms with E-state index in [4.69, 9.17) is 4.42 Å². The van der Waals surface area contributed by atoms with Gasteiger partial charge in [-0.15, -0.1) is 0 Å². The molecule has 0 fully saturated rings. The Morgan fingerprint density at radius 3 is 2.05 bits per heavy atom. The summed E-state index contributed by atoms with van der Waals surface area (Å²) in [4.78, 5) is 0. The summed E-state index contributed by atoms with van der Waals surface area (Å²) in [5, 5.41) is 12.6. The van der Waals surface area contributed by atoms with Crippen molar-refractivity contribution >= 4 is 76.1 Å². The smallest absolute Gasteiger partial charge is 0.143 e. The van der Waals surface area contributed by atoms with Gasteiger partial charge in [0.25, 0.3) is 0 Å². The molecule has 0 bridgehead atoms. The van der Waals surface area contributed by atoms with E-state index in [0.29, 0.717) is 0 Å². The van der Waals surface area contributed by atoms with Crippen molar-refractivity contribution in [2.45, 2.75) is 0 Å². The maximum absolute atomic E-state index is 6.54. The summed E-state index contributed by atoms with van der Waals surface area (Å²) in [5.41, 5.74) is 7.75. The first-order chi connectivity index (χ1) is 20.8. The Kier molecular flexibility index (Phi) is 4.21. The second-order valence-electron chi connectivity index (χ2n) is 11.3. The number of benzene rings is 8. The quantitative estimate of drug-likeness (QED) is 0.202. The molecule has 194 valence electrons. The van der Waals surface area contributed by atoms with Crippen molar-refractivity contribution in [3.05, 3.63) is 140 Å². The Morgan fingerprint density at radius 1 is 0.429 bits per heavy atom. The number of furan rings is 1. The van der Waals surface area contributed by atoms with Crippen molar-refractivity contribution < 1.29 is 4.42 Å². The Morgan fingerprint density at radius 2 is 1.14 bits per heavy atom. The zero-order valence-corrected chi connectivity index (χ0v) is 22.6. The molecule has 42 heavy (non-hydrogen) atoms. The topological polar surface area (TPSA) is 18.1 Å². The third-order valence-electron chi connectivity index (χ3n) is 9.10. The molecule has 2 heteroatoms. The summed E-state index contributed by atoms with van der Waals surface area (Å²) in [6.45, 7) is 0. The number of fused-ring (bicyclic) bond motifs is 7. The minimum atomic E-state index is 0.919. The molecule has 2 nitrogen and oxygen atoms in total. The average molecular weight is 534 g/mol. The molecule has 10 aromatic rings. The van der Waals surface area contributed by atoms with E-state index in [1.807, 2.05) is 6.07 Å². The van der Waals surface area contributed by atoms with Crippen LogP contribution in [0, 0.1) is 0 Å². The second-order valence-corrected chi connectivity index (χ2v) is 11.3. The van der Waals surface area contributed by atoms with Crippen LogP contribution in [0.15, 0.2) is 144 Å². The summed E-state index contributed by atoms with van der Waals surface area (Å²) < 4.78 is 9.00. The Bertz CT molecular complexity index is 2660. The highest BCUT2D eigenvalue weighted by atomic mass is 16.3. The summed E-state index contributed by atoms with van der Waals surface area (Å²) in [7, 11) is 0. The predicted octanol–water partition coefficient (Wildman–Crippen LogP) is 11.2. The van der Waals surface area contributed by atoms with E-state index < -0.39 is 0 Å². The first-order valence-corrected chi connectivity index (χ1v) is 14.4. The molecule has 0 aliphatic rings. The fourth-order valence-corrected chi connectivity index (χ4v) is 7.39. The van der Waals surface area contributed by atoms with Gasteiger partial charge in [0.2, 0.25) is 0 Å². The van der Waals surface area contributed by atoms with Gasteiger partial charge in [-0.25, -0.2) is 0 Å². The van der Waals surface area contributed by atoms with Gasteiger partial charge >= 0.3 is 0 Å². The van der Waals surface area contributed by atoms with Crippen molar-refractivity contribution in [1.29, 1.82) is 0 Å². The van der Waals surface area contributed by atoms with E-state index in [-0.39, 0.29) is 0 Å². The normalized spacial score (nSPS) is 12.3. The van der Waals surface area contributed by atoms with Gasteiger partial charge in [-0.05, 0) is 62.8 Å². The van der Waals surface area contributed by atoms with Gasteiger partial charge in [-0.3, -0.25) is 0 Å². The van der Waals surface area contributed by atoms with Gasteiger partial charge in [0, 0.05) is 38.2 Å². The maximum Gasteiger partial charge on any atom is 0.143 e. The SMILES string of the molecule is c1ccc(-n2c3cccc(-c4cccc5c4oc4ccccc45)c3c3cc4ccc5cccc6ccc(c4c56)c32)cc1. The molecule has 8 aromatic carbocycles. The highest BCUT2D eigenvalue weighted by Gasteiger charge is 2.22. The molecule has 0 N–H and O–H groups in total. The molecular weight excluding hydrogens is 510 g/mol. The molecular formula is C40H23NO. The minimum absolute atomic E-state index is 0.919. The van der Waals surface area contributed by atoms with Crippen molar-refractivity contribution in [3.8, 4) is 16.8 Å². The lowest BCUT2D eigenvalue weighted by Gasteiger charge is -2.14. The monoisotopic (exact) mass is 533 g/mol. The molecule has 0 saturated carbocycles. The molecule has 10 rings (SSSR count). The number of nitrogens with zero attached hydrogens (tertiary/aromatic N) is 1. The Labute approximate surface area is 241 Å². The Balaban J connectivity index is 1.44. The third-order valence-corrected chi connectivity index (χ3v) is 9.10. The second kappa shape index (κ2) is 7.99. The van der Waals surface area contributed by atoms with Crippen LogP contribution in [-0.2, 0) is 0 Å². The van der Waals surface area contributed by atoms with E-state index in [2.05, 4.69) is 138 Å². The van der Waals surface area contributed by atoms with E-state index in [0.717, 1.165) is 33.2 Å². The molecule has 2 aromatic heterocycles. The van der Waals surface area contributed by atoms with Crippen molar-refractivity contribution in [2.24, 2.45) is 0 Å². The molecule has 0 radical (unpaired) electrons.